The van der Waals surface area contributed by atoms with Crippen LogP contribution in [0.1, 0.15) is 44.1 Å². The Kier molecular flexibility index (Phi) is 6.22. The van der Waals surface area contributed by atoms with Crippen molar-refractivity contribution >= 4 is 0 Å². The maximum Gasteiger partial charge on any atom is 0.0695 e. The molecular formula is C22H32N4O. The number of nitrogens with zero attached hydrogens (tertiary/aromatic N) is 3. The maximum absolute atomic E-state index is 9.61. The second-order valence-corrected chi connectivity index (χ2v) is 8.07. The van der Waals surface area contributed by atoms with Crippen molar-refractivity contribution in [2.45, 2.75) is 57.2 Å². The summed E-state index contributed by atoms with van der Waals surface area (Å²) in [5.74, 6) is 0. The fourth-order valence-electron chi connectivity index (χ4n) is 4.90. The Hall–Kier alpha value is -1.69. The van der Waals surface area contributed by atoms with E-state index in [1.165, 1.54) is 43.2 Å². The van der Waals surface area contributed by atoms with Gasteiger partial charge in [-0.2, -0.15) is 5.10 Å². The largest absolute Gasteiger partial charge is 0.396 e. The first-order chi connectivity index (χ1) is 13.3. The van der Waals surface area contributed by atoms with Gasteiger partial charge in [-0.1, -0.05) is 49.6 Å². The normalized spacial score (nSPS) is 22.9. The van der Waals surface area contributed by atoms with Crippen LogP contribution in [0.4, 0.5) is 0 Å². The van der Waals surface area contributed by atoms with E-state index in [1.54, 1.807) is 0 Å². The zero-order chi connectivity index (χ0) is 18.5. The molecule has 0 amide bonds. The van der Waals surface area contributed by atoms with Gasteiger partial charge in [0.2, 0.25) is 0 Å². The minimum absolute atomic E-state index is 0.280. The number of nitrogens with one attached hydrogen (secondary N) is 1. The first-order valence-electron chi connectivity index (χ1n) is 10.5. The summed E-state index contributed by atoms with van der Waals surface area (Å²) in [7, 11) is 0. The molecule has 0 unspecified atom stereocenters. The molecule has 27 heavy (non-hydrogen) atoms. The Balaban J connectivity index is 1.43. The minimum Gasteiger partial charge on any atom is -0.396 e. The van der Waals surface area contributed by atoms with Crippen LogP contribution in [0.5, 0.6) is 0 Å². The summed E-state index contributed by atoms with van der Waals surface area (Å²) >= 11 is 0. The third kappa shape index (κ3) is 4.42. The van der Waals surface area contributed by atoms with Crippen LogP contribution in [-0.2, 0) is 6.54 Å². The molecule has 2 fully saturated rings. The van der Waals surface area contributed by atoms with Gasteiger partial charge < -0.3 is 5.11 Å². The molecule has 1 saturated heterocycles. The molecule has 0 bridgehead atoms. The quantitative estimate of drug-likeness (QED) is 0.822. The predicted molar refractivity (Wildman–Crippen MR) is 108 cm³/mol. The molecule has 4 rings (SSSR count). The second kappa shape index (κ2) is 9.00. The molecular weight excluding hydrogens is 336 g/mol. The lowest BCUT2D eigenvalue weighted by Crippen LogP contribution is -2.56. The van der Waals surface area contributed by atoms with E-state index in [4.69, 9.17) is 0 Å². The van der Waals surface area contributed by atoms with E-state index in [9.17, 15) is 5.11 Å². The predicted octanol–water partition coefficient (Wildman–Crippen LogP) is 3.28. The average Bonchev–Trinajstić information content (AvgIpc) is 3.18. The molecule has 2 N–H and O–H groups in total. The zero-order valence-electron chi connectivity index (χ0n) is 16.2. The van der Waals surface area contributed by atoms with Crippen molar-refractivity contribution < 1.29 is 5.11 Å². The van der Waals surface area contributed by atoms with Gasteiger partial charge in [0.25, 0.3) is 0 Å². The van der Waals surface area contributed by atoms with Crippen LogP contribution in [0.25, 0.3) is 11.3 Å². The van der Waals surface area contributed by atoms with E-state index < -0.39 is 0 Å². The van der Waals surface area contributed by atoms with Gasteiger partial charge in [-0.25, -0.2) is 0 Å². The number of aromatic nitrogens is 2. The number of rotatable bonds is 6. The first-order valence-corrected chi connectivity index (χ1v) is 10.5. The van der Waals surface area contributed by atoms with E-state index in [1.807, 2.05) is 12.3 Å². The summed E-state index contributed by atoms with van der Waals surface area (Å²) in [4.78, 5) is 5.25. The third-order valence-electron chi connectivity index (χ3n) is 6.29. The smallest absolute Gasteiger partial charge is 0.0695 e. The van der Waals surface area contributed by atoms with Gasteiger partial charge in [0, 0.05) is 50.4 Å². The summed E-state index contributed by atoms with van der Waals surface area (Å²) in [6.45, 7) is 4.45. The second-order valence-electron chi connectivity index (χ2n) is 8.07. The fourth-order valence-corrected chi connectivity index (χ4v) is 4.90. The molecule has 1 saturated carbocycles. The van der Waals surface area contributed by atoms with Gasteiger partial charge in [0.15, 0.2) is 0 Å². The number of aromatic amines is 1. The lowest BCUT2D eigenvalue weighted by molar-refractivity contribution is 0.0137. The Morgan fingerprint density at radius 1 is 1.07 bits per heavy atom. The molecule has 2 aliphatic rings. The number of piperazine rings is 1. The molecule has 2 heterocycles. The molecule has 1 aliphatic heterocycles. The molecule has 5 heteroatoms. The SMILES string of the molecule is OCC[C@@H]1CN(Cc2cn[nH]c2-c2ccccc2)CCN1C1CCCCC1. The highest BCUT2D eigenvalue weighted by Crippen LogP contribution is 2.28. The van der Waals surface area contributed by atoms with Crippen LogP contribution in [0.3, 0.4) is 0 Å². The van der Waals surface area contributed by atoms with Gasteiger partial charge in [-0.05, 0) is 24.8 Å². The van der Waals surface area contributed by atoms with Crippen molar-refractivity contribution in [3.63, 3.8) is 0 Å². The van der Waals surface area contributed by atoms with Crippen LogP contribution in [0.15, 0.2) is 36.5 Å². The molecule has 1 aliphatic carbocycles. The van der Waals surface area contributed by atoms with E-state index in [2.05, 4.69) is 44.3 Å². The standard InChI is InChI=1S/C22H32N4O/c27-14-11-21-17-25(12-13-26(21)20-9-5-2-6-10-20)16-19-15-23-24-22(19)18-7-3-1-4-8-18/h1,3-4,7-8,15,20-21,27H,2,5-6,9-14,16-17H2,(H,23,24)/t21-/m1/s1. The molecule has 1 atom stereocenters. The van der Waals surface area contributed by atoms with Gasteiger partial charge in [0.05, 0.1) is 11.9 Å². The monoisotopic (exact) mass is 368 g/mol. The van der Waals surface area contributed by atoms with Crippen LogP contribution in [0, 0.1) is 0 Å². The van der Waals surface area contributed by atoms with E-state index in [0.717, 1.165) is 44.3 Å². The summed E-state index contributed by atoms with van der Waals surface area (Å²) < 4.78 is 0. The molecule has 0 radical (unpaired) electrons. The molecule has 1 aromatic carbocycles. The molecule has 5 nitrogen and oxygen atoms in total. The number of benzene rings is 1. The van der Waals surface area contributed by atoms with Gasteiger partial charge in [0.1, 0.15) is 0 Å². The number of aliphatic hydroxyl groups is 1. The Labute approximate surface area is 162 Å². The topological polar surface area (TPSA) is 55.4 Å². The van der Waals surface area contributed by atoms with Crippen molar-refractivity contribution in [2.24, 2.45) is 0 Å². The summed E-state index contributed by atoms with van der Waals surface area (Å²) in [5, 5.41) is 17.1. The zero-order valence-corrected chi connectivity index (χ0v) is 16.2. The highest BCUT2D eigenvalue weighted by Gasteiger charge is 2.32. The summed E-state index contributed by atoms with van der Waals surface area (Å²) in [5.41, 5.74) is 3.58. The fraction of sp³-hybridized carbons (Fsp3) is 0.591. The molecule has 146 valence electrons. The summed E-state index contributed by atoms with van der Waals surface area (Å²) in [6.07, 6.45) is 9.65. The Morgan fingerprint density at radius 2 is 1.89 bits per heavy atom. The Morgan fingerprint density at radius 3 is 2.67 bits per heavy atom. The van der Waals surface area contributed by atoms with Crippen molar-refractivity contribution in [3.8, 4) is 11.3 Å². The number of aliphatic hydroxyl groups excluding tert-OH is 1. The van der Waals surface area contributed by atoms with Crippen molar-refractivity contribution in [1.82, 2.24) is 20.0 Å². The molecule has 2 aromatic rings. The lowest BCUT2D eigenvalue weighted by atomic mass is 9.91. The van der Waals surface area contributed by atoms with Crippen molar-refractivity contribution in [1.29, 1.82) is 0 Å². The van der Waals surface area contributed by atoms with E-state index in [-0.39, 0.29) is 6.61 Å². The lowest BCUT2D eigenvalue weighted by Gasteiger charge is -2.46. The van der Waals surface area contributed by atoms with Crippen LogP contribution in [-0.4, -0.2) is 63.4 Å². The number of H-pyrrole nitrogens is 1. The van der Waals surface area contributed by atoms with Crippen molar-refractivity contribution in [3.05, 3.63) is 42.1 Å². The highest BCUT2D eigenvalue weighted by atomic mass is 16.3. The highest BCUT2D eigenvalue weighted by molar-refractivity contribution is 5.62. The van der Waals surface area contributed by atoms with Gasteiger partial charge in [-0.3, -0.25) is 14.9 Å². The van der Waals surface area contributed by atoms with Crippen LogP contribution >= 0.6 is 0 Å². The van der Waals surface area contributed by atoms with E-state index >= 15 is 0 Å². The van der Waals surface area contributed by atoms with Gasteiger partial charge >= 0.3 is 0 Å². The third-order valence-corrected chi connectivity index (χ3v) is 6.29. The first kappa shape index (κ1) is 18.7. The number of hydrogen-bond donors (Lipinski definition) is 2. The maximum atomic E-state index is 9.61. The van der Waals surface area contributed by atoms with Crippen molar-refractivity contribution in [2.75, 3.05) is 26.2 Å². The minimum atomic E-state index is 0.280. The van der Waals surface area contributed by atoms with Crippen LogP contribution in [0.2, 0.25) is 0 Å². The van der Waals surface area contributed by atoms with E-state index in [0.29, 0.717) is 6.04 Å². The van der Waals surface area contributed by atoms with Gasteiger partial charge in [-0.15, -0.1) is 0 Å². The number of hydrogen-bond acceptors (Lipinski definition) is 4. The molecule has 0 spiro atoms. The molecule has 1 aromatic heterocycles. The van der Waals surface area contributed by atoms with Crippen LogP contribution < -0.4 is 0 Å². The Bertz CT molecular complexity index is 695. The summed E-state index contributed by atoms with van der Waals surface area (Å²) in [6, 6.07) is 11.6. The average molecular weight is 369 g/mol.